The molecule has 5 rings (SSSR count). The fourth-order valence-electron chi connectivity index (χ4n) is 5.66. The van der Waals surface area contributed by atoms with E-state index in [1.807, 2.05) is 80.6 Å². The summed E-state index contributed by atoms with van der Waals surface area (Å²) in [6.07, 6.45) is 0. The zero-order valence-electron chi connectivity index (χ0n) is 24.2. The van der Waals surface area contributed by atoms with Crippen LogP contribution >= 0.6 is 0 Å². The molecule has 0 amide bonds. The predicted molar refractivity (Wildman–Crippen MR) is 165 cm³/mol. The number of rotatable bonds is 6. The summed E-state index contributed by atoms with van der Waals surface area (Å²) in [5.41, 5.74) is 7.92. The first-order valence-corrected chi connectivity index (χ1v) is 13.8. The van der Waals surface area contributed by atoms with Crippen LogP contribution in [0.25, 0.3) is 22.5 Å². The van der Waals surface area contributed by atoms with Gasteiger partial charge in [0.15, 0.2) is 0 Å². The maximum absolute atomic E-state index is 11.6. The third-order valence-corrected chi connectivity index (χ3v) is 8.15. The molecule has 0 saturated heterocycles. The van der Waals surface area contributed by atoms with Crippen molar-refractivity contribution in [1.29, 1.82) is 0 Å². The van der Waals surface area contributed by atoms with Crippen LogP contribution in [-0.4, -0.2) is 15.2 Å². The molecule has 0 aliphatic carbocycles. The Balaban J connectivity index is 1.63. The smallest absolute Gasteiger partial charge is 0.129 e. The van der Waals surface area contributed by atoms with Gasteiger partial charge in [0.1, 0.15) is 11.5 Å². The van der Waals surface area contributed by atoms with Crippen molar-refractivity contribution in [2.24, 2.45) is 0 Å². The molecule has 40 heavy (non-hydrogen) atoms. The molecular weight excluding hydrogens is 490 g/mol. The Kier molecular flexibility index (Phi) is 7.01. The van der Waals surface area contributed by atoms with Crippen molar-refractivity contribution in [2.45, 2.75) is 52.4 Å². The van der Waals surface area contributed by atoms with Gasteiger partial charge in [0.25, 0.3) is 0 Å². The van der Waals surface area contributed by atoms with E-state index in [-0.39, 0.29) is 11.5 Å². The van der Waals surface area contributed by atoms with Gasteiger partial charge in [-0.05, 0) is 60.4 Å². The molecule has 4 aromatic carbocycles. The molecule has 5 aromatic rings. The summed E-state index contributed by atoms with van der Waals surface area (Å²) >= 11 is 0. The molecule has 1 heterocycles. The molecule has 3 nitrogen and oxygen atoms in total. The molecule has 0 fully saturated rings. The molecule has 0 aliphatic rings. The van der Waals surface area contributed by atoms with E-state index in [1.165, 1.54) is 0 Å². The highest BCUT2D eigenvalue weighted by molar-refractivity contribution is 5.76. The molecule has 202 valence electrons. The molecular formula is C37H37NO2. The summed E-state index contributed by atoms with van der Waals surface area (Å²) in [5, 5.41) is 23.2. The Morgan fingerprint density at radius 1 is 0.500 bits per heavy atom. The number of pyridine rings is 1. The molecule has 0 spiro atoms. The Morgan fingerprint density at radius 2 is 0.875 bits per heavy atom. The van der Waals surface area contributed by atoms with Crippen LogP contribution in [0.4, 0.5) is 0 Å². The third-order valence-electron chi connectivity index (χ3n) is 8.15. The van der Waals surface area contributed by atoms with Gasteiger partial charge >= 0.3 is 0 Å². The second-order valence-corrected chi connectivity index (χ2v) is 11.8. The van der Waals surface area contributed by atoms with Gasteiger partial charge in [-0.3, -0.25) is 0 Å². The highest BCUT2D eigenvalue weighted by Crippen LogP contribution is 2.45. The summed E-state index contributed by atoms with van der Waals surface area (Å²) in [5.74, 6) is 0.451. The maximum Gasteiger partial charge on any atom is 0.129 e. The number of aromatic hydroxyl groups is 2. The summed E-state index contributed by atoms with van der Waals surface area (Å²) in [6.45, 7) is 12.6. The van der Waals surface area contributed by atoms with Gasteiger partial charge in [0, 0.05) is 33.1 Å². The Hall–Kier alpha value is -4.37. The van der Waals surface area contributed by atoms with E-state index in [4.69, 9.17) is 4.98 Å². The number of benzene rings is 4. The summed E-state index contributed by atoms with van der Waals surface area (Å²) in [4.78, 5) is 4.99. The van der Waals surface area contributed by atoms with Crippen molar-refractivity contribution in [3.63, 3.8) is 0 Å². The first-order valence-electron chi connectivity index (χ1n) is 13.8. The topological polar surface area (TPSA) is 53.4 Å². The van der Waals surface area contributed by atoms with E-state index in [0.29, 0.717) is 22.5 Å². The van der Waals surface area contributed by atoms with Crippen LogP contribution in [0.5, 0.6) is 11.5 Å². The largest absolute Gasteiger partial charge is 0.507 e. The lowest BCUT2D eigenvalue weighted by Crippen LogP contribution is -2.19. The molecule has 0 atom stereocenters. The summed E-state index contributed by atoms with van der Waals surface area (Å²) in [6, 6.07) is 34.3. The predicted octanol–water partition coefficient (Wildman–Crippen LogP) is 9.10. The van der Waals surface area contributed by atoms with Crippen molar-refractivity contribution in [3.05, 3.63) is 137 Å². The van der Waals surface area contributed by atoms with Crippen LogP contribution in [0, 0.1) is 13.8 Å². The number of hydrogen-bond donors (Lipinski definition) is 2. The summed E-state index contributed by atoms with van der Waals surface area (Å²) < 4.78 is 0. The number of phenolic OH excluding ortho intramolecular Hbond substituents is 2. The monoisotopic (exact) mass is 527 g/mol. The van der Waals surface area contributed by atoms with Gasteiger partial charge in [-0.2, -0.15) is 0 Å². The minimum absolute atomic E-state index is 0.225. The molecule has 0 bridgehead atoms. The molecule has 0 radical (unpaired) electrons. The third kappa shape index (κ3) is 4.88. The van der Waals surface area contributed by atoms with Crippen LogP contribution in [-0.2, 0) is 10.8 Å². The van der Waals surface area contributed by atoms with E-state index in [9.17, 15) is 10.2 Å². The number of aromatic nitrogens is 1. The zero-order chi connectivity index (χ0) is 28.7. The van der Waals surface area contributed by atoms with Gasteiger partial charge in [-0.1, -0.05) is 107 Å². The number of phenols is 2. The highest BCUT2D eigenvalue weighted by atomic mass is 16.3. The van der Waals surface area contributed by atoms with Gasteiger partial charge < -0.3 is 10.2 Å². The first-order chi connectivity index (χ1) is 19.0. The lowest BCUT2D eigenvalue weighted by atomic mass is 9.76. The molecule has 0 unspecified atom stereocenters. The van der Waals surface area contributed by atoms with Gasteiger partial charge in [-0.25, -0.2) is 4.98 Å². The van der Waals surface area contributed by atoms with Crippen LogP contribution in [0.2, 0.25) is 0 Å². The Bertz CT molecular complexity index is 1550. The molecule has 0 saturated carbocycles. The molecule has 3 heteroatoms. The van der Waals surface area contributed by atoms with Crippen molar-refractivity contribution in [3.8, 4) is 34.0 Å². The standard InChI is InChI=1S/C37H37NO2/c1-24-20-28(34(39)30(22-24)36(3,4)26-14-9-7-10-15-26)32-18-13-19-33(38-32)29-21-25(2)23-31(35(29)40)37(5,6)27-16-11-8-12-17-27/h7-23,39-40H,1-6H3. The molecule has 0 aliphatic heterocycles. The van der Waals surface area contributed by atoms with Crippen LogP contribution in [0.3, 0.4) is 0 Å². The van der Waals surface area contributed by atoms with Crippen molar-refractivity contribution < 1.29 is 10.2 Å². The minimum Gasteiger partial charge on any atom is -0.507 e. The first kappa shape index (κ1) is 27.2. The SMILES string of the molecule is Cc1cc(-c2cccc(-c3cc(C)cc(C(C)(C)c4ccccc4)c3O)n2)c(O)c(C(C)(C)c2ccccc2)c1. The number of nitrogens with zero attached hydrogens (tertiary/aromatic N) is 1. The second kappa shape index (κ2) is 10.3. The van der Waals surface area contributed by atoms with Crippen LogP contribution in [0.15, 0.2) is 103 Å². The van der Waals surface area contributed by atoms with E-state index < -0.39 is 10.8 Å². The fourth-order valence-corrected chi connectivity index (χ4v) is 5.66. The molecule has 2 N–H and O–H groups in total. The van der Waals surface area contributed by atoms with E-state index >= 15 is 0 Å². The Labute approximate surface area is 237 Å². The van der Waals surface area contributed by atoms with Gasteiger partial charge in [0.2, 0.25) is 0 Å². The van der Waals surface area contributed by atoms with Crippen molar-refractivity contribution >= 4 is 0 Å². The zero-order valence-corrected chi connectivity index (χ0v) is 24.2. The fraction of sp³-hybridized carbons (Fsp3) is 0.216. The van der Waals surface area contributed by atoms with Crippen molar-refractivity contribution in [2.75, 3.05) is 0 Å². The Morgan fingerprint density at radius 3 is 1.25 bits per heavy atom. The van der Waals surface area contributed by atoms with Gasteiger partial charge in [-0.15, -0.1) is 0 Å². The molecule has 1 aromatic heterocycles. The second-order valence-electron chi connectivity index (χ2n) is 11.8. The van der Waals surface area contributed by atoms with E-state index in [0.717, 1.165) is 33.4 Å². The van der Waals surface area contributed by atoms with E-state index in [2.05, 4.69) is 64.1 Å². The lowest BCUT2D eigenvalue weighted by Gasteiger charge is -2.29. The van der Waals surface area contributed by atoms with Crippen LogP contribution < -0.4 is 0 Å². The van der Waals surface area contributed by atoms with E-state index in [1.54, 1.807) is 0 Å². The lowest BCUT2D eigenvalue weighted by molar-refractivity contribution is 0.454. The quantitative estimate of drug-likeness (QED) is 0.231. The van der Waals surface area contributed by atoms with Gasteiger partial charge in [0.05, 0.1) is 11.4 Å². The summed E-state index contributed by atoms with van der Waals surface area (Å²) in [7, 11) is 0. The normalized spacial score (nSPS) is 11.9. The van der Waals surface area contributed by atoms with Crippen molar-refractivity contribution in [1.82, 2.24) is 4.98 Å². The number of aryl methyl sites for hydroxylation is 2. The maximum atomic E-state index is 11.6. The number of hydrogen-bond acceptors (Lipinski definition) is 3. The average molecular weight is 528 g/mol. The average Bonchev–Trinajstić information content (AvgIpc) is 2.96. The minimum atomic E-state index is -0.406. The highest BCUT2D eigenvalue weighted by Gasteiger charge is 2.30. The van der Waals surface area contributed by atoms with Crippen LogP contribution in [0.1, 0.15) is 61.1 Å².